The fraction of sp³-hybridized carbons (Fsp3) is 0.864. The number of carbonyl (C=O) groups excluding carboxylic acids is 3. The first-order chi connectivity index (χ1) is 12.7. The van der Waals surface area contributed by atoms with E-state index < -0.39 is 11.5 Å². The van der Waals surface area contributed by atoms with Crippen LogP contribution in [0, 0.1) is 34.0 Å². The van der Waals surface area contributed by atoms with Crippen LogP contribution in [0.5, 0.6) is 0 Å². The highest BCUT2D eigenvalue weighted by Crippen LogP contribution is 2.71. The quantitative estimate of drug-likeness (QED) is 0.688. The van der Waals surface area contributed by atoms with Crippen molar-refractivity contribution in [3.63, 3.8) is 0 Å². The van der Waals surface area contributed by atoms with Gasteiger partial charge in [-0.05, 0) is 69.1 Å². The van der Waals surface area contributed by atoms with Gasteiger partial charge in [0.1, 0.15) is 0 Å². The van der Waals surface area contributed by atoms with Crippen LogP contribution in [-0.2, 0) is 23.9 Å². The normalized spacial score (nSPS) is 48.4. The third-order valence-corrected chi connectivity index (χ3v) is 8.91. The topological polar surface area (TPSA) is 69.7 Å². The first-order valence-electron chi connectivity index (χ1n) is 10.5. The predicted octanol–water partition coefficient (Wildman–Crippen LogP) is 3.68. The van der Waals surface area contributed by atoms with Crippen LogP contribution < -0.4 is 0 Å². The maximum atomic E-state index is 13.0. The Balaban J connectivity index is 1.75. The monoisotopic (exact) mass is 376 g/mol. The van der Waals surface area contributed by atoms with Gasteiger partial charge < -0.3 is 9.47 Å². The molecule has 4 fully saturated rings. The van der Waals surface area contributed by atoms with E-state index in [0.29, 0.717) is 5.92 Å². The van der Waals surface area contributed by atoms with Gasteiger partial charge in [0.2, 0.25) is 0 Å². The minimum atomic E-state index is -0.586. The molecule has 150 valence electrons. The van der Waals surface area contributed by atoms with Crippen molar-refractivity contribution in [3.05, 3.63) is 0 Å². The van der Waals surface area contributed by atoms with Crippen molar-refractivity contribution in [2.75, 3.05) is 7.11 Å². The highest BCUT2D eigenvalue weighted by molar-refractivity contribution is 5.91. The Morgan fingerprint density at radius 2 is 1.78 bits per heavy atom. The largest absolute Gasteiger partial charge is 0.469 e. The number of ketones is 1. The van der Waals surface area contributed by atoms with E-state index in [1.807, 2.05) is 0 Å². The third-order valence-electron chi connectivity index (χ3n) is 8.91. The van der Waals surface area contributed by atoms with Gasteiger partial charge in [0.15, 0.2) is 11.9 Å². The zero-order valence-corrected chi connectivity index (χ0v) is 17.0. The maximum absolute atomic E-state index is 13.0. The molecule has 4 saturated carbocycles. The average molecular weight is 376 g/mol. The second-order valence-electron chi connectivity index (χ2n) is 10.0. The SMILES string of the molecule is COC(=O)[C@]1(C)CCC[C@@]2(C)[C@@H]3CC[C@@H]4C[C@@]3(CC[C@@H]21)[C@@H](OC(C)=O)C4=O. The van der Waals surface area contributed by atoms with Gasteiger partial charge in [-0.15, -0.1) is 0 Å². The molecule has 1 spiro atoms. The Labute approximate surface area is 161 Å². The van der Waals surface area contributed by atoms with E-state index in [9.17, 15) is 14.4 Å². The number of esters is 2. The van der Waals surface area contributed by atoms with Gasteiger partial charge in [0.25, 0.3) is 0 Å². The molecule has 0 aromatic carbocycles. The van der Waals surface area contributed by atoms with Crippen molar-refractivity contribution in [2.24, 2.45) is 34.0 Å². The molecule has 5 nitrogen and oxygen atoms in total. The van der Waals surface area contributed by atoms with E-state index >= 15 is 0 Å². The molecule has 4 aliphatic carbocycles. The molecule has 7 atom stereocenters. The van der Waals surface area contributed by atoms with Crippen molar-refractivity contribution < 1.29 is 23.9 Å². The summed E-state index contributed by atoms with van der Waals surface area (Å²) in [6.07, 6.45) is 6.86. The number of carbonyl (C=O) groups is 3. The molecule has 0 heterocycles. The smallest absolute Gasteiger partial charge is 0.311 e. The van der Waals surface area contributed by atoms with Gasteiger partial charge in [-0.2, -0.15) is 0 Å². The molecule has 0 amide bonds. The number of rotatable bonds is 2. The first-order valence-corrected chi connectivity index (χ1v) is 10.5. The van der Waals surface area contributed by atoms with E-state index in [-0.39, 0.29) is 40.4 Å². The molecule has 0 radical (unpaired) electrons. The summed E-state index contributed by atoms with van der Waals surface area (Å²) in [6, 6.07) is 0. The lowest BCUT2D eigenvalue weighted by molar-refractivity contribution is -0.198. The van der Waals surface area contributed by atoms with E-state index in [1.54, 1.807) is 0 Å². The molecule has 0 aliphatic heterocycles. The summed E-state index contributed by atoms with van der Waals surface area (Å²) >= 11 is 0. The van der Waals surface area contributed by atoms with Gasteiger partial charge in [0, 0.05) is 18.3 Å². The van der Waals surface area contributed by atoms with Gasteiger partial charge in [0.05, 0.1) is 12.5 Å². The number of ether oxygens (including phenoxy) is 2. The van der Waals surface area contributed by atoms with Crippen molar-refractivity contribution in [1.29, 1.82) is 0 Å². The average Bonchev–Trinajstić information content (AvgIpc) is 2.81. The molecule has 2 bridgehead atoms. The van der Waals surface area contributed by atoms with Crippen molar-refractivity contribution in [3.8, 4) is 0 Å². The standard InChI is InChI=1S/C22H32O5/c1-13(23)27-18-17(24)14-6-7-16-20(2)9-5-10-21(3,19(25)26-4)15(20)8-11-22(16,18)12-14/h14-16,18H,5-12H2,1-4H3/t14-,15+,16+,18+,20-,21-,22-/m1/s1. The molecule has 0 unspecified atom stereocenters. The van der Waals surface area contributed by atoms with E-state index in [0.717, 1.165) is 51.4 Å². The fourth-order valence-electron chi connectivity index (χ4n) is 7.99. The Hall–Kier alpha value is -1.39. The predicted molar refractivity (Wildman–Crippen MR) is 98.6 cm³/mol. The second-order valence-corrected chi connectivity index (χ2v) is 10.0. The Kier molecular flexibility index (Phi) is 4.25. The Bertz CT molecular complexity index is 686. The van der Waals surface area contributed by atoms with Gasteiger partial charge in [-0.25, -0.2) is 0 Å². The molecule has 0 saturated heterocycles. The minimum absolute atomic E-state index is 0.0204. The summed E-state index contributed by atoms with van der Waals surface area (Å²) in [4.78, 5) is 37.4. The molecule has 5 heteroatoms. The second kappa shape index (κ2) is 6.05. The zero-order valence-electron chi connectivity index (χ0n) is 17.0. The lowest BCUT2D eigenvalue weighted by atomic mass is 9.40. The first kappa shape index (κ1) is 18.9. The van der Waals surface area contributed by atoms with E-state index in [4.69, 9.17) is 9.47 Å². The summed E-state index contributed by atoms with van der Waals surface area (Å²) in [5.74, 6) is 0.307. The molecule has 0 N–H and O–H groups in total. The van der Waals surface area contributed by atoms with Crippen LogP contribution in [0.1, 0.15) is 72.1 Å². The van der Waals surface area contributed by atoms with Crippen LogP contribution in [0.3, 0.4) is 0 Å². The molecule has 0 aromatic heterocycles. The Morgan fingerprint density at radius 3 is 2.44 bits per heavy atom. The zero-order chi connectivity index (χ0) is 19.6. The lowest BCUT2D eigenvalue weighted by Crippen LogP contribution is -2.60. The summed E-state index contributed by atoms with van der Waals surface area (Å²) in [5.41, 5.74) is -0.710. The minimum Gasteiger partial charge on any atom is -0.469 e. The van der Waals surface area contributed by atoms with Crippen molar-refractivity contribution in [1.82, 2.24) is 0 Å². The summed E-state index contributed by atoms with van der Waals surface area (Å²) < 4.78 is 10.9. The summed E-state index contributed by atoms with van der Waals surface area (Å²) in [5, 5.41) is 0. The van der Waals surface area contributed by atoms with Crippen LogP contribution in [0.2, 0.25) is 0 Å². The van der Waals surface area contributed by atoms with Crippen LogP contribution in [-0.4, -0.2) is 30.9 Å². The van der Waals surface area contributed by atoms with Crippen molar-refractivity contribution >= 4 is 17.7 Å². The molecular formula is C22H32O5. The molecule has 27 heavy (non-hydrogen) atoms. The van der Waals surface area contributed by atoms with E-state index in [1.165, 1.54) is 14.0 Å². The van der Waals surface area contributed by atoms with Crippen LogP contribution in [0.4, 0.5) is 0 Å². The van der Waals surface area contributed by atoms with Gasteiger partial charge in [-0.3, -0.25) is 14.4 Å². The number of Topliss-reactive ketones (excluding diaryl/α,β-unsaturated/α-hetero) is 1. The van der Waals surface area contributed by atoms with Gasteiger partial charge >= 0.3 is 11.9 Å². The van der Waals surface area contributed by atoms with E-state index in [2.05, 4.69) is 13.8 Å². The fourth-order valence-corrected chi connectivity index (χ4v) is 7.99. The number of methoxy groups -OCH3 is 1. The third kappa shape index (κ3) is 2.39. The Morgan fingerprint density at radius 1 is 1.04 bits per heavy atom. The maximum Gasteiger partial charge on any atom is 0.311 e. The highest BCUT2D eigenvalue weighted by Gasteiger charge is 2.70. The molecule has 4 rings (SSSR count). The lowest BCUT2D eigenvalue weighted by Gasteiger charge is -2.63. The molecule has 0 aromatic rings. The van der Waals surface area contributed by atoms with Crippen LogP contribution >= 0.6 is 0 Å². The van der Waals surface area contributed by atoms with Gasteiger partial charge in [-0.1, -0.05) is 13.3 Å². The highest BCUT2D eigenvalue weighted by atomic mass is 16.5. The van der Waals surface area contributed by atoms with Crippen LogP contribution in [0.25, 0.3) is 0 Å². The van der Waals surface area contributed by atoms with Crippen molar-refractivity contribution in [2.45, 2.75) is 78.2 Å². The summed E-state index contributed by atoms with van der Waals surface area (Å²) in [7, 11) is 1.49. The van der Waals surface area contributed by atoms with Crippen LogP contribution in [0.15, 0.2) is 0 Å². The number of hydrogen-bond acceptors (Lipinski definition) is 5. The molecule has 4 aliphatic rings. The number of fused-ring (bicyclic) bond motifs is 3. The molecular weight excluding hydrogens is 344 g/mol. The number of hydrogen-bond donors (Lipinski definition) is 0. The summed E-state index contributed by atoms with van der Waals surface area (Å²) in [6.45, 7) is 5.81.